The van der Waals surface area contributed by atoms with Crippen molar-refractivity contribution in [1.82, 2.24) is 9.97 Å². The van der Waals surface area contributed by atoms with E-state index in [1.165, 1.54) is 0 Å². The van der Waals surface area contributed by atoms with E-state index in [2.05, 4.69) is 22.2 Å². The molecule has 0 aromatic carbocycles. The van der Waals surface area contributed by atoms with Gasteiger partial charge in [0, 0.05) is 12.0 Å². The molecule has 4 nitrogen and oxygen atoms in total. The lowest BCUT2D eigenvalue weighted by Gasteiger charge is -2.41. The molecule has 2 rings (SSSR count). The Labute approximate surface area is 113 Å². The van der Waals surface area contributed by atoms with Crippen LogP contribution in [0.25, 0.3) is 0 Å². The minimum absolute atomic E-state index is 0.136. The van der Waals surface area contributed by atoms with Gasteiger partial charge in [-0.05, 0) is 32.6 Å². The van der Waals surface area contributed by atoms with Gasteiger partial charge in [0.25, 0.3) is 0 Å². The quantitative estimate of drug-likeness (QED) is 0.807. The van der Waals surface area contributed by atoms with E-state index in [1.54, 1.807) is 0 Å². The van der Waals surface area contributed by atoms with Gasteiger partial charge in [-0.25, -0.2) is 9.97 Å². The lowest BCUT2D eigenvalue weighted by molar-refractivity contribution is 0.143. The molecule has 1 aliphatic carbocycles. The molecule has 0 aliphatic heterocycles. The minimum atomic E-state index is -0.202. The van der Waals surface area contributed by atoms with Crippen LogP contribution in [-0.4, -0.2) is 27.2 Å². The number of aryl methyl sites for hydroxylation is 1. The number of hydrogen-bond acceptors (Lipinski definition) is 4. The predicted octanol–water partition coefficient (Wildman–Crippen LogP) is 2.72. The molecule has 1 aromatic heterocycles. The van der Waals surface area contributed by atoms with Crippen molar-refractivity contribution in [3.05, 3.63) is 16.5 Å². The lowest BCUT2D eigenvalue weighted by atomic mass is 9.77. The molecule has 0 unspecified atom stereocenters. The summed E-state index contributed by atoms with van der Waals surface area (Å²) >= 11 is 6.13. The Morgan fingerprint density at radius 3 is 2.61 bits per heavy atom. The van der Waals surface area contributed by atoms with Gasteiger partial charge in [-0.1, -0.05) is 18.5 Å². The summed E-state index contributed by atoms with van der Waals surface area (Å²) in [6.07, 6.45) is 4.92. The number of aliphatic hydroxyl groups is 1. The zero-order chi connectivity index (χ0) is 13.2. The molecule has 0 saturated heterocycles. The first-order valence-corrected chi connectivity index (χ1v) is 6.90. The summed E-state index contributed by atoms with van der Waals surface area (Å²) in [5.41, 5.74) is 0.655. The zero-order valence-corrected chi connectivity index (χ0v) is 11.7. The van der Waals surface area contributed by atoms with Crippen LogP contribution in [-0.2, 0) is 6.42 Å². The summed E-state index contributed by atoms with van der Waals surface area (Å²) in [5.74, 6) is 1.54. The Morgan fingerprint density at radius 2 is 2.11 bits per heavy atom. The molecule has 1 aromatic rings. The fraction of sp³-hybridized carbons (Fsp3) is 0.692. The molecule has 0 bridgehead atoms. The molecular weight excluding hydrogens is 250 g/mol. The lowest BCUT2D eigenvalue weighted by Crippen LogP contribution is -2.48. The second kappa shape index (κ2) is 5.41. The van der Waals surface area contributed by atoms with Crippen molar-refractivity contribution in [3.63, 3.8) is 0 Å². The normalized spacial score (nSPS) is 17.3. The highest BCUT2D eigenvalue weighted by molar-refractivity contribution is 6.30. The molecule has 100 valence electrons. The van der Waals surface area contributed by atoms with Crippen LogP contribution in [0.5, 0.6) is 0 Å². The third-order valence-electron chi connectivity index (χ3n) is 3.60. The maximum atomic E-state index is 9.49. The Morgan fingerprint density at radius 1 is 1.39 bits per heavy atom. The van der Waals surface area contributed by atoms with Crippen molar-refractivity contribution in [1.29, 1.82) is 0 Å². The highest BCUT2D eigenvalue weighted by Crippen LogP contribution is 2.35. The van der Waals surface area contributed by atoms with Crippen LogP contribution in [0.15, 0.2) is 0 Å². The van der Waals surface area contributed by atoms with Crippen molar-refractivity contribution in [2.45, 2.75) is 51.5 Å². The van der Waals surface area contributed by atoms with Crippen LogP contribution in [0.2, 0.25) is 5.15 Å². The average Bonchev–Trinajstić information content (AvgIpc) is 2.30. The molecule has 1 fully saturated rings. The van der Waals surface area contributed by atoms with Crippen molar-refractivity contribution in [3.8, 4) is 0 Å². The highest BCUT2D eigenvalue weighted by Gasteiger charge is 2.37. The van der Waals surface area contributed by atoms with Crippen LogP contribution in [0.3, 0.4) is 0 Å². The number of aliphatic hydroxyl groups excluding tert-OH is 1. The van der Waals surface area contributed by atoms with Crippen molar-refractivity contribution >= 4 is 17.4 Å². The smallest absolute Gasteiger partial charge is 0.137 e. The van der Waals surface area contributed by atoms with Gasteiger partial charge in [0.05, 0.1) is 12.1 Å². The third kappa shape index (κ3) is 2.59. The number of hydrogen-bond donors (Lipinski definition) is 2. The summed E-state index contributed by atoms with van der Waals surface area (Å²) in [7, 11) is 0. The van der Waals surface area contributed by atoms with Gasteiger partial charge < -0.3 is 10.4 Å². The van der Waals surface area contributed by atoms with Crippen LogP contribution >= 0.6 is 11.6 Å². The Hall–Kier alpha value is -0.870. The monoisotopic (exact) mass is 269 g/mol. The molecule has 1 saturated carbocycles. The van der Waals surface area contributed by atoms with Crippen LogP contribution in [0, 0.1) is 6.92 Å². The van der Waals surface area contributed by atoms with E-state index < -0.39 is 0 Å². The van der Waals surface area contributed by atoms with E-state index in [9.17, 15) is 5.11 Å². The van der Waals surface area contributed by atoms with Gasteiger partial charge in [-0.3, -0.25) is 0 Å². The van der Waals surface area contributed by atoms with E-state index in [0.717, 1.165) is 49.3 Å². The van der Waals surface area contributed by atoms with Crippen molar-refractivity contribution in [2.24, 2.45) is 0 Å². The van der Waals surface area contributed by atoms with Gasteiger partial charge >= 0.3 is 0 Å². The molecule has 1 aliphatic rings. The Balaban J connectivity index is 2.25. The van der Waals surface area contributed by atoms with Crippen molar-refractivity contribution in [2.75, 3.05) is 11.9 Å². The van der Waals surface area contributed by atoms with Gasteiger partial charge in [0.2, 0.25) is 0 Å². The Bertz CT molecular complexity index is 427. The van der Waals surface area contributed by atoms with E-state index >= 15 is 0 Å². The number of anilines is 1. The standard InChI is InChI=1S/C13H20ClN3O/c1-3-5-10-15-11(14)9(2)12(16-10)17-13(8-18)6-4-7-13/h18H,3-8H2,1-2H3,(H,15,16,17). The van der Waals surface area contributed by atoms with Crippen LogP contribution in [0.1, 0.15) is 44.0 Å². The van der Waals surface area contributed by atoms with Gasteiger partial charge in [-0.2, -0.15) is 0 Å². The first kappa shape index (κ1) is 13.6. The van der Waals surface area contributed by atoms with E-state index in [0.29, 0.717) is 5.15 Å². The second-order valence-corrected chi connectivity index (χ2v) is 5.43. The molecule has 2 N–H and O–H groups in total. The maximum absolute atomic E-state index is 9.49. The SMILES string of the molecule is CCCc1nc(Cl)c(C)c(NC2(CO)CCC2)n1. The van der Waals surface area contributed by atoms with Crippen molar-refractivity contribution < 1.29 is 5.11 Å². The molecule has 5 heteroatoms. The summed E-state index contributed by atoms with van der Waals surface area (Å²) < 4.78 is 0. The van der Waals surface area contributed by atoms with Gasteiger partial charge in [0.15, 0.2) is 0 Å². The second-order valence-electron chi connectivity index (χ2n) is 5.07. The molecule has 1 heterocycles. The average molecular weight is 270 g/mol. The van der Waals surface area contributed by atoms with E-state index in [-0.39, 0.29) is 12.1 Å². The molecule has 0 atom stereocenters. The van der Waals surface area contributed by atoms with Crippen LogP contribution < -0.4 is 5.32 Å². The maximum Gasteiger partial charge on any atom is 0.137 e. The van der Waals surface area contributed by atoms with E-state index in [4.69, 9.17) is 11.6 Å². The van der Waals surface area contributed by atoms with Gasteiger partial charge in [0.1, 0.15) is 16.8 Å². The number of nitrogens with one attached hydrogen (secondary N) is 1. The summed E-state index contributed by atoms with van der Waals surface area (Å²) in [5, 5.41) is 13.4. The number of nitrogens with zero attached hydrogens (tertiary/aromatic N) is 2. The Kier molecular flexibility index (Phi) is 4.07. The summed E-state index contributed by atoms with van der Waals surface area (Å²) in [6, 6.07) is 0. The highest BCUT2D eigenvalue weighted by atomic mass is 35.5. The number of halogens is 1. The first-order valence-electron chi connectivity index (χ1n) is 6.52. The number of aromatic nitrogens is 2. The molecule has 0 radical (unpaired) electrons. The molecular formula is C13H20ClN3O. The van der Waals surface area contributed by atoms with E-state index in [1.807, 2.05) is 6.92 Å². The molecule has 18 heavy (non-hydrogen) atoms. The zero-order valence-electron chi connectivity index (χ0n) is 11.0. The topological polar surface area (TPSA) is 58.0 Å². The third-order valence-corrected chi connectivity index (χ3v) is 3.97. The molecule has 0 spiro atoms. The molecule has 0 amide bonds. The summed E-state index contributed by atoms with van der Waals surface area (Å²) in [6.45, 7) is 4.13. The first-order chi connectivity index (χ1) is 8.60. The van der Waals surface area contributed by atoms with Gasteiger partial charge in [-0.15, -0.1) is 0 Å². The number of rotatable bonds is 5. The minimum Gasteiger partial charge on any atom is -0.394 e. The fourth-order valence-corrected chi connectivity index (χ4v) is 2.35. The summed E-state index contributed by atoms with van der Waals surface area (Å²) in [4.78, 5) is 8.79. The van der Waals surface area contributed by atoms with Crippen LogP contribution in [0.4, 0.5) is 5.82 Å². The predicted molar refractivity (Wildman–Crippen MR) is 73.1 cm³/mol. The largest absolute Gasteiger partial charge is 0.394 e. The fourth-order valence-electron chi connectivity index (χ4n) is 2.17.